The molecule has 0 bridgehead atoms. The number of carbonyl (C=O) groups excluding carboxylic acids is 3. The number of fused-ring (bicyclic) bond motifs is 5. The first-order valence-electron chi connectivity index (χ1n) is 16.7. The number of aliphatic hydroxyl groups excluding tert-OH is 1. The minimum Gasteiger partial charge on any atom is -0.462 e. The van der Waals surface area contributed by atoms with E-state index >= 15 is 0 Å². The average molecular weight is 635 g/mol. The molecule has 2 aliphatic heterocycles. The zero-order valence-corrected chi connectivity index (χ0v) is 27.4. The molecule has 6 aliphatic rings. The third-order valence-corrected chi connectivity index (χ3v) is 12.9. The van der Waals surface area contributed by atoms with E-state index in [1.54, 1.807) is 6.92 Å². The van der Waals surface area contributed by atoms with Crippen LogP contribution in [0.15, 0.2) is 11.6 Å². The molecule has 252 valence electrons. The Labute approximate surface area is 265 Å². The maximum absolute atomic E-state index is 12.8. The molecule has 0 radical (unpaired) electrons. The molecule has 0 aromatic rings. The summed E-state index contributed by atoms with van der Waals surface area (Å²) in [5.41, 5.74) is -0.800. The number of hydrogen-bond acceptors (Lipinski definition) is 11. The summed E-state index contributed by atoms with van der Waals surface area (Å²) in [6, 6.07) is 0. The zero-order chi connectivity index (χ0) is 32.5. The molecule has 2 N–H and O–H groups in total. The molecule has 0 aromatic heterocycles. The lowest BCUT2D eigenvalue weighted by atomic mass is 9.43. The highest BCUT2D eigenvalue weighted by Crippen LogP contribution is 2.70. The first-order chi connectivity index (χ1) is 21.2. The lowest BCUT2D eigenvalue weighted by molar-refractivity contribution is -0.315. The maximum Gasteiger partial charge on any atom is 0.331 e. The van der Waals surface area contributed by atoms with E-state index in [1.807, 2.05) is 0 Å². The number of methoxy groups -OCH3 is 1. The van der Waals surface area contributed by atoms with Gasteiger partial charge in [0, 0.05) is 44.8 Å². The predicted molar refractivity (Wildman–Crippen MR) is 158 cm³/mol. The van der Waals surface area contributed by atoms with E-state index in [4.69, 9.17) is 28.4 Å². The van der Waals surface area contributed by atoms with Crippen LogP contribution >= 0.6 is 0 Å². The molecule has 11 nitrogen and oxygen atoms in total. The number of cyclic esters (lactones) is 1. The van der Waals surface area contributed by atoms with Crippen LogP contribution in [0.3, 0.4) is 0 Å². The van der Waals surface area contributed by atoms with Gasteiger partial charge in [-0.1, -0.05) is 13.8 Å². The van der Waals surface area contributed by atoms with Crippen LogP contribution in [-0.2, 0) is 42.8 Å². The second-order valence-electron chi connectivity index (χ2n) is 15.0. The molecular formula is C34H50O11. The fourth-order valence-electron chi connectivity index (χ4n) is 10.7. The van der Waals surface area contributed by atoms with Crippen molar-refractivity contribution in [3.63, 3.8) is 0 Å². The molecule has 4 saturated carbocycles. The number of esters is 3. The standard InChI is InChI=1S/C34H50O11/c1-17-28(38)29(40-6)30(44-19(3)36)31(42-17)45-22-9-11-32(4)21(14-22)7-8-24-23(32)10-12-33(5)27(20-13-26(37)41-16-20)25(43-18(2)35)15-34(24,33)39/h13,17,21-25,27-31,38-39H,7-12,14-16H2,1-6H3/t17-,21+,22-,23-,24+,25-,27-,28-,29+,30+,31-,32-,33+,34-/m0/s1. The van der Waals surface area contributed by atoms with E-state index in [0.29, 0.717) is 12.3 Å². The van der Waals surface area contributed by atoms with Gasteiger partial charge < -0.3 is 38.6 Å². The second kappa shape index (κ2) is 11.9. The van der Waals surface area contributed by atoms with Gasteiger partial charge in [-0.05, 0) is 80.6 Å². The number of rotatable bonds is 6. The van der Waals surface area contributed by atoms with Crippen LogP contribution < -0.4 is 0 Å². The molecule has 1 saturated heterocycles. The summed E-state index contributed by atoms with van der Waals surface area (Å²) in [4.78, 5) is 36.2. The maximum atomic E-state index is 12.8. The summed E-state index contributed by atoms with van der Waals surface area (Å²) in [7, 11) is 1.48. The summed E-state index contributed by atoms with van der Waals surface area (Å²) < 4.78 is 34.8. The average Bonchev–Trinajstić information content (AvgIpc) is 3.48. The van der Waals surface area contributed by atoms with Crippen LogP contribution in [-0.4, -0.2) is 90.4 Å². The second-order valence-corrected chi connectivity index (χ2v) is 15.0. The molecule has 0 aromatic carbocycles. The molecule has 2 heterocycles. The van der Waals surface area contributed by atoms with Crippen molar-refractivity contribution in [2.24, 2.45) is 34.5 Å². The largest absolute Gasteiger partial charge is 0.462 e. The fraction of sp³-hybridized carbons (Fsp3) is 0.853. The Morgan fingerprint density at radius 3 is 2.38 bits per heavy atom. The minimum absolute atomic E-state index is 0.0121. The lowest BCUT2D eigenvalue weighted by Gasteiger charge is -2.63. The number of aliphatic hydroxyl groups is 2. The summed E-state index contributed by atoms with van der Waals surface area (Å²) in [6.07, 6.45) is 3.26. The van der Waals surface area contributed by atoms with Gasteiger partial charge in [-0.3, -0.25) is 9.59 Å². The van der Waals surface area contributed by atoms with E-state index in [9.17, 15) is 24.6 Å². The van der Waals surface area contributed by atoms with Crippen molar-refractivity contribution in [1.82, 2.24) is 0 Å². The molecule has 11 heteroatoms. The molecule has 5 fully saturated rings. The quantitative estimate of drug-likeness (QED) is 0.252. The first kappa shape index (κ1) is 32.9. The molecule has 0 spiro atoms. The van der Waals surface area contributed by atoms with Crippen LogP contribution in [0.5, 0.6) is 0 Å². The topological polar surface area (TPSA) is 147 Å². The van der Waals surface area contributed by atoms with Gasteiger partial charge in [-0.2, -0.15) is 0 Å². The van der Waals surface area contributed by atoms with Crippen molar-refractivity contribution >= 4 is 17.9 Å². The highest BCUT2D eigenvalue weighted by molar-refractivity contribution is 5.85. The van der Waals surface area contributed by atoms with Crippen LogP contribution in [0.4, 0.5) is 0 Å². The van der Waals surface area contributed by atoms with Gasteiger partial charge in [0.2, 0.25) is 0 Å². The summed E-state index contributed by atoms with van der Waals surface area (Å²) in [5.74, 6) is -0.838. The zero-order valence-electron chi connectivity index (χ0n) is 27.4. The molecular weight excluding hydrogens is 584 g/mol. The lowest BCUT2D eigenvalue weighted by Crippen LogP contribution is -2.63. The van der Waals surface area contributed by atoms with Crippen LogP contribution in [0.2, 0.25) is 0 Å². The van der Waals surface area contributed by atoms with Gasteiger partial charge in [0.25, 0.3) is 0 Å². The highest BCUT2D eigenvalue weighted by Gasteiger charge is 2.71. The SMILES string of the molecule is CO[C@@H]1[C@@H](O)[C@H](C)O[C@@H](O[C@H]2CC[C@@]3(C)[C@H](CC[C@@H]4[C@@H]3CC[C@]3(C)[C@@H](C5=CC(=O)OC5)[C@@H](OC(C)=O)C[C@]43O)C2)[C@@H]1OC(C)=O. The molecule has 4 aliphatic carbocycles. The summed E-state index contributed by atoms with van der Waals surface area (Å²) >= 11 is 0. The Balaban J connectivity index is 1.20. The van der Waals surface area contributed by atoms with Gasteiger partial charge >= 0.3 is 17.9 Å². The Morgan fingerprint density at radius 1 is 1.00 bits per heavy atom. The Morgan fingerprint density at radius 2 is 1.73 bits per heavy atom. The van der Waals surface area contributed by atoms with Crippen molar-refractivity contribution < 1.29 is 53.0 Å². The van der Waals surface area contributed by atoms with E-state index in [0.717, 1.165) is 50.5 Å². The van der Waals surface area contributed by atoms with Gasteiger partial charge in [-0.15, -0.1) is 0 Å². The molecule has 6 rings (SSSR count). The fourth-order valence-corrected chi connectivity index (χ4v) is 10.7. The van der Waals surface area contributed by atoms with E-state index < -0.39 is 53.8 Å². The normalized spacial score (nSPS) is 49.2. The Bertz CT molecular complexity index is 1220. The monoisotopic (exact) mass is 634 g/mol. The molecule has 0 amide bonds. The van der Waals surface area contributed by atoms with E-state index in [1.165, 1.54) is 27.0 Å². The van der Waals surface area contributed by atoms with Gasteiger partial charge in [0.15, 0.2) is 12.4 Å². The van der Waals surface area contributed by atoms with Crippen LogP contribution in [0.25, 0.3) is 0 Å². The summed E-state index contributed by atoms with van der Waals surface area (Å²) in [5, 5.41) is 23.4. The third kappa shape index (κ3) is 5.34. The van der Waals surface area contributed by atoms with E-state index in [2.05, 4.69) is 13.8 Å². The number of carbonyl (C=O) groups is 3. The highest BCUT2D eigenvalue weighted by atomic mass is 16.7. The van der Waals surface area contributed by atoms with Crippen molar-refractivity contribution in [2.75, 3.05) is 13.7 Å². The minimum atomic E-state index is -1.05. The predicted octanol–water partition coefficient (Wildman–Crippen LogP) is 3.22. The number of hydrogen-bond donors (Lipinski definition) is 2. The van der Waals surface area contributed by atoms with Crippen molar-refractivity contribution in [1.29, 1.82) is 0 Å². The third-order valence-electron chi connectivity index (χ3n) is 12.9. The Kier molecular flexibility index (Phi) is 8.68. The van der Waals surface area contributed by atoms with Gasteiger partial charge in [-0.25, -0.2) is 4.79 Å². The van der Waals surface area contributed by atoms with Crippen molar-refractivity contribution in [3.05, 3.63) is 11.6 Å². The smallest absolute Gasteiger partial charge is 0.331 e. The van der Waals surface area contributed by atoms with Crippen molar-refractivity contribution in [3.8, 4) is 0 Å². The van der Waals surface area contributed by atoms with Crippen LogP contribution in [0, 0.1) is 34.5 Å². The van der Waals surface area contributed by atoms with E-state index in [-0.39, 0.29) is 47.8 Å². The Hall–Kier alpha value is -2.05. The number of ether oxygens (including phenoxy) is 6. The van der Waals surface area contributed by atoms with Crippen molar-refractivity contribution in [2.45, 2.75) is 135 Å². The van der Waals surface area contributed by atoms with Gasteiger partial charge in [0.1, 0.15) is 24.9 Å². The molecule has 0 unspecified atom stereocenters. The summed E-state index contributed by atoms with van der Waals surface area (Å²) in [6.45, 7) is 9.14. The van der Waals surface area contributed by atoms with Crippen LogP contribution in [0.1, 0.15) is 86.0 Å². The molecule has 14 atom stereocenters. The van der Waals surface area contributed by atoms with Gasteiger partial charge in [0.05, 0.1) is 17.8 Å². The molecule has 45 heavy (non-hydrogen) atoms. The first-order valence-corrected chi connectivity index (χ1v) is 16.7.